The van der Waals surface area contributed by atoms with Crippen molar-refractivity contribution in [2.75, 3.05) is 12.3 Å². The number of fused-ring (bicyclic) bond motifs is 1. The minimum Gasteiger partial charge on any atom is -0.356 e. The summed E-state index contributed by atoms with van der Waals surface area (Å²) in [6.45, 7) is 0.752. The van der Waals surface area contributed by atoms with Crippen molar-refractivity contribution >= 4 is 17.7 Å². The number of unbranched alkanes of at least 4 members (excludes halogenated alkanes) is 1. The highest BCUT2D eigenvalue weighted by Gasteiger charge is 2.28. The Labute approximate surface area is 135 Å². The monoisotopic (exact) mass is 315 g/mol. The third kappa shape index (κ3) is 3.53. The zero-order valence-corrected chi connectivity index (χ0v) is 13.6. The van der Waals surface area contributed by atoms with Crippen molar-refractivity contribution in [3.05, 3.63) is 47.8 Å². The smallest absolute Gasteiger partial charge is 0.228 e. The van der Waals surface area contributed by atoms with Crippen LogP contribution < -0.4 is 5.32 Å². The molecule has 0 aliphatic carbocycles. The molecule has 0 spiro atoms. The largest absolute Gasteiger partial charge is 0.356 e. The molecule has 116 valence electrons. The lowest BCUT2D eigenvalue weighted by Crippen LogP contribution is -2.30. The molecule has 1 atom stereocenters. The molecule has 0 radical (unpaired) electrons. The van der Waals surface area contributed by atoms with E-state index in [4.69, 9.17) is 0 Å². The van der Waals surface area contributed by atoms with Crippen LogP contribution in [0, 0.1) is 0 Å². The van der Waals surface area contributed by atoms with E-state index in [1.807, 2.05) is 36.3 Å². The SMILES string of the molecule is Cn1cc(CCCCNC(=O)C2CSc3ccccc32)cn1. The van der Waals surface area contributed by atoms with Gasteiger partial charge in [-0.15, -0.1) is 11.8 Å². The van der Waals surface area contributed by atoms with Gasteiger partial charge in [0.2, 0.25) is 5.91 Å². The molecule has 2 heterocycles. The van der Waals surface area contributed by atoms with Gasteiger partial charge < -0.3 is 5.32 Å². The number of amides is 1. The zero-order chi connectivity index (χ0) is 15.4. The Morgan fingerprint density at radius 3 is 3.09 bits per heavy atom. The molecule has 1 aliphatic rings. The van der Waals surface area contributed by atoms with Crippen LogP contribution in [0.3, 0.4) is 0 Å². The average molecular weight is 315 g/mol. The molecule has 5 heteroatoms. The highest BCUT2D eigenvalue weighted by Crippen LogP contribution is 2.39. The summed E-state index contributed by atoms with van der Waals surface area (Å²) in [6.07, 6.45) is 7.05. The predicted octanol–water partition coefficient (Wildman–Crippen LogP) is 2.75. The van der Waals surface area contributed by atoms with Gasteiger partial charge in [-0.3, -0.25) is 9.48 Å². The number of rotatable bonds is 6. The number of aryl methyl sites for hydroxylation is 2. The van der Waals surface area contributed by atoms with Crippen LogP contribution in [-0.4, -0.2) is 28.0 Å². The fourth-order valence-corrected chi connectivity index (χ4v) is 4.00. The summed E-state index contributed by atoms with van der Waals surface area (Å²) in [6, 6.07) is 8.21. The first-order valence-corrected chi connectivity index (χ1v) is 8.69. The molecule has 4 nitrogen and oxygen atoms in total. The van der Waals surface area contributed by atoms with Gasteiger partial charge in [0.1, 0.15) is 0 Å². The summed E-state index contributed by atoms with van der Waals surface area (Å²) < 4.78 is 1.83. The van der Waals surface area contributed by atoms with E-state index in [2.05, 4.69) is 22.5 Å². The van der Waals surface area contributed by atoms with Gasteiger partial charge in [-0.25, -0.2) is 0 Å². The number of nitrogens with one attached hydrogen (secondary N) is 1. The number of hydrogen-bond donors (Lipinski definition) is 1. The van der Waals surface area contributed by atoms with E-state index in [0.29, 0.717) is 0 Å². The number of hydrogen-bond acceptors (Lipinski definition) is 3. The summed E-state index contributed by atoms with van der Waals surface area (Å²) in [5, 5.41) is 7.25. The molecule has 0 fully saturated rings. The molecule has 0 saturated heterocycles. The second-order valence-corrected chi connectivity index (χ2v) is 6.73. The topological polar surface area (TPSA) is 46.9 Å². The molecular weight excluding hydrogens is 294 g/mol. The van der Waals surface area contributed by atoms with Crippen LogP contribution in [0.25, 0.3) is 0 Å². The quantitative estimate of drug-likeness (QED) is 0.834. The van der Waals surface area contributed by atoms with Crippen LogP contribution in [0.15, 0.2) is 41.6 Å². The highest BCUT2D eigenvalue weighted by molar-refractivity contribution is 7.99. The lowest BCUT2D eigenvalue weighted by molar-refractivity contribution is -0.122. The van der Waals surface area contributed by atoms with E-state index in [1.54, 1.807) is 11.8 Å². The first-order valence-electron chi connectivity index (χ1n) is 7.71. The lowest BCUT2D eigenvalue weighted by Gasteiger charge is -2.11. The third-order valence-corrected chi connectivity index (χ3v) is 5.15. The number of benzene rings is 1. The van der Waals surface area contributed by atoms with Gasteiger partial charge >= 0.3 is 0 Å². The second-order valence-electron chi connectivity index (χ2n) is 5.67. The van der Waals surface area contributed by atoms with Crippen molar-refractivity contribution in [3.63, 3.8) is 0 Å². The number of thioether (sulfide) groups is 1. The predicted molar refractivity (Wildman–Crippen MR) is 89.1 cm³/mol. The van der Waals surface area contributed by atoms with Crippen molar-refractivity contribution < 1.29 is 4.79 Å². The van der Waals surface area contributed by atoms with Crippen LogP contribution in [0.2, 0.25) is 0 Å². The third-order valence-electron chi connectivity index (χ3n) is 3.97. The number of carbonyl (C=O) groups excluding carboxylic acids is 1. The molecule has 2 aromatic rings. The molecule has 0 bridgehead atoms. The van der Waals surface area contributed by atoms with Crippen molar-refractivity contribution in [3.8, 4) is 0 Å². The van der Waals surface area contributed by atoms with Gasteiger partial charge in [0, 0.05) is 30.4 Å². The van der Waals surface area contributed by atoms with Crippen molar-refractivity contribution in [2.24, 2.45) is 7.05 Å². The standard InChI is InChI=1S/C17H21N3OS/c1-20-11-13(10-19-20)6-4-5-9-18-17(21)15-12-22-16-8-3-2-7-14(15)16/h2-3,7-8,10-11,15H,4-6,9,12H2,1H3,(H,18,21). The van der Waals surface area contributed by atoms with Gasteiger partial charge in [-0.05, 0) is 36.5 Å². The van der Waals surface area contributed by atoms with E-state index in [-0.39, 0.29) is 11.8 Å². The minimum atomic E-state index is 0.0134. The Hall–Kier alpha value is -1.75. The Kier molecular flexibility index (Phi) is 4.83. The minimum absolute atomic E-state index is 0.0134. The number of aromatic nitrogens is 2. The molecule has 3 rings (SSSR count). The van der Waals surface area contributed by atoms with Gasteiger partial charge in [-0.1, -0.05) is 18.2 Å². The van der Waals surface area contributed by atoms with Crippen LogP contribution >= 0.6 is 11.8 Å². The molecule has 0 saturated carbocycles. The fraction of sp³-hybridized carbons (Fsp3) is 0.412. The van der Waals surface area contributed by atoms with Crippen LogP contribution in [0.5, 0.6) is 0 Å². The molecule has 1 amide bonds. The summed E-state index contributed by atoms with van der Waals surface area (Å²) in [4.78, 5) is 13.6. The zero-order valence-electron chi connectivity index (χ0n) is 12.8. The first-order chi connectivity index (χ1) is 10.7. The van der Waals surface area contributed by atoms with Crippen molar-refractivity contribution in [2.45, 2.75) is 30.1 Å². The molecule has 1 unspecified atom stereocenters. The van der Waals surface area contributed by atoms with Crippen molar-refractivity contribution in [1.82, 2.24) is 15.1 Å². The van der Waals surface area contributed by atoms with E-state index < -0.39 is 0 Å². The second kappa shape index (κ2) is 7.01. The van der Waals surface area contributed by atoms with Crippen LogP contribution in [0.4, 0.5) is 0 Å². The molecule has 1 aromatic heterocycles. The molecule has 22 heavy (non-hydrogen) atoms. The van der Waals surface area contributed by atoms with Crippen LogP contribution in [0.1, 0.15) is 29.9 Å². The summed E-state index contributed by atoms with van der Waals surface area (Å²) >= 11 is 1.78. The van der Waals surface area contributed by atoms with E-state index in [0.717, 1.165) is 31.6 Å². The Balaban J connectivity index is 1.40. The maximum absolute atomic E-state index is 12.3. The molecule has 1 N–H and O–H groups in total. The first kappa shape index (κ1) is 15.2. The summed E-state index contributed by atoms with van der Waals surface area (Å²) in [7, 11) is 1.93. The Morgan fingerprint density at radius 1 is 1.41 bits per heavy atom. The summed E-state index contributed by atoms with van der Waals surface area (Å²) in [5.41, 5.74) is 2.44. The Morgan fingerprint density at radius 2 is 2.27 bits per heavy atom. The van der Waals surface area contributed by atoms with Crippen molar-refractivity contribution in [1.29, 1.82) is 0 Å². The summed E-state index contributed by atoms with van der Waals surface area (Å²) in [5.74, 6) is 1.04. The van der Waals surface area contributed by atoms with Gasteiger partial charge in [0.05, 0.1) is 12.1 Å². The van der Waals surface area contributed by atoms with Gasteiger partial charge in [-0.2, -0.15) is 5.10 Å². The average Bonchev–Trinajstić information content (AvgIpc) is 3.13. The fourth-order valence-electron chi connectivity index (χ4n) is 2.77. The molecule has 1 aliphatic heterocycles. The van der Waals surface area contributed by atoms with Crippen LogP contribution in [-0.2, 0) is 18.3 Å². The number of carbonyl (C=O) groups is 1. The Bertz CT molecular complexity index is 653. The maximum Gasteiger partial charge on any atom is 0.228 e. The van der Waals surface area contributed by atoms with E-state index >= 15 is 0 Å². The molecular formula is C17H21N3OS. The number of nitrogens with zero attached hydrogens (tertiary/aromatic N) is 2. The van der Waals surface area contributed by atoms with E-state index in [9.17, 15) is 4.79 Å². The van der Waals surface area contributed by atoms with Gasteiger partial charge in [0.25, 0.3) is 0 Å². The highest BCUT2D eigenvalue weighted by atomic mass is 32.2. The normalized spacial score (nSPS) is 16.5. The van der Waals surface area contributed by atoms with Gasteiger partial charge in [0.15, 0.2) is 0 Å². The van der Waals surface area contributed by atoms with E-state index in [1.165, 1.54) is 16.0 Å². The lowest BCUT2D eigenvalue weighted by atomic mass is 10.0. The molecule has 1 aromatic carbocycles. The maximum atomic E-state index is 12.3.